The molecule has 0 unspecified atom stereocenters. The summed E-state index contributed by atoms with van der Waals surface area (Å²) in [5.74, 6) is 1.33. The second-order valence-corrected chi connectivity index (χ2v) is 5.41. The van der Waals surface area contributed by atoms with Crippen LogP contribution in [0.15, 0.2) is 6.20 Å². The van der Waals surface area contributed by atoms with E-state index in [1.54, 1.807) is 7.05 Å². The third-order valence-electron chi connectivity index (χ3n) is 3.87. The van der Waals surface area contributed by atoms with Crippen LogP contribution in [0.2, 0.25) is 0 Å². The van der Waals surface area contributed by atoms with Crippen molar-refractivity contribution in [3.8, 4) is 0 Å². The molecule has 1 amide bonds. The Labute approximate surface area is 108 Å². The highest BCUT2D eigenvalue weighted by atomic mass is 16.2. The van der Waals surface area contributed by atoms with Gasteiger partial charge in [0.15, 0.2) is 0 Å². The van der Waals surface area contributed by atoms with Gasteiger partial charge in [-0.2, -0.15) is 5.10 Å². The Balaban J connectivity index is 1.85. The molecule has 0 spiro atoms. The zero-order chi connectivity index (χ0) is 13.1. The fourth-order valence-electron chi connectivity index (χ4n) is 2.59. The largest absolute Gasteiger partial charge is 0.396 e. The van der Waals surface area contributed by atoms with Gasteiger partial charge in [0.05, 0.1) is 11.9 Å². The van der Waals surface area contributed by atoms with Crippen molar-refractivity contribution in [3.05, 3.63) is 11.9 Å². The minimum atomic E-state index is -0.119. The van der Waals surface area contributed by atoms with Gasteiger partial charge in [-0.05, 0) is 24.7 Å². The Kier molecular flexibility index (Phi) is 3.89. The molecule has 1 saturated carbocycles. The molecule has 0 atom stereocenters. The second kappa shape index (κ2) is 5.42. The molecule has 3 N–H and O–H groups in total. The van der Waals surface area contributed by atoms with Crippen LogP contribution in [0.1, 0.15) is 43.1 Å². The molecule has 1 aromatic rings. The van der Waals surface area contributed by atoms with Gasteiger partial charge in [0, 0.05) is 13.6 Å². The number of nitrogens with two attached hydrogens (primary N) is 1. The molecule has 1 heterocycles. The number of carbonyl (C=O) groups is 1. The normalized spacial score (nSPS) is 23.9. The van der Waals surface area contributed by atoms with Crippen molar-refractivity contribution in [1.29, 1.82) is 0 Å². The lowest BCUT2D eigenvalue weighted by atomic mass is 9.83. The number of hydrogen-bond donors (Lipinski definition) is 2. The summed E-state index contributed by atoms with van der Waals surface area (Å²) >= 11 is 0. The maximum absolute atomic E-state index is 12.0. The summed E-state index contributed by atoms with van der Waals surface area (Å²) in [5.41, 5.74) is 6.62. The Morgan fingerprint density at radius 1 is 1.50 bits per heavy atom. The molecule has 1 aromatic heterocycles. The van der Waals surface area contributed by atoms with Gasteiger partial charge in [-0.1, -0.05) is 19.8 Å². The number of aromatic nitrogens is 2. The van der Waals surface area contributed by atoms with E-state index in [-0.39, 0.29) is 5.91 Å². The lowest BCUT2D eigenvalue weighted by Crippen LogP contribution is -2.32. The summed E-state index contributed by atoms with van der Waals surface area (Å²) in [6.07, 6.45) is 6.48. The van der Waals surface area contributed by atoms with Gasteiger partial charge in [-0.25, -0.2) is 0 Å². The molecule has 5 nitrogen and oxygen atoms in total. The number of nitrogens with one attached hydrogen (secondary N) is 1. The molecule has 0 radical (unpaired) electrons. The lowest BCUT2D eigenvalue weighted by molar-refractivity contribution is 0.0933. The van der Waals surface area contributed by atoms with Crippen LogP contribution in [0.25, 0.3) is 0 Å². The van der Waals surface area contributed by atoms with Crippen LogP contribution >= 0.6 is 0 Å². The molecule has 1 aliphatic rings. The number of aryl methyl sites for hydroxylation is 1. The van der Waals surface area contributed by atoms with E-state index in [0.717, 1.165) is 12.5 Å². The van der Waals surface area contributed by atoms with Gasteiger partial charge in [-0.15, -0.1) is 0 Å². The number of carbonyl (C=O) groups excluding carboxylic acids is 1. The SMILES string of the molecule is CC1CCC(CNC(=O)c2c(N)cnn2C)CC1. The Morgan fingerprint density at radius 3 is 2.72 bits per heavy atom. The minimum Gasteiger partial charge on any atom is -0.396 e. The zero-order valence-corrected chi connectivity index (χ0v) is 11.1. The van der Waals surface area contributed by atoms with Crippen molar-refractivity contribution >= 4 is 11.6 Å². The van der Waals surface area contributed by atoms with E-state index in [1.165, 1.54) is 36.6 Å². The molecule has 0 bridgehead atoms. The first-order valence-corrected chi connectivity index (χ1v) is 6.63. The van der Waals surface area contributed by atoms with E-state index >= 15 is 0 Å². The first-order valence-electron chi connectivity index (χ1n) is 6.63. The van der Waals surface area contributed by atoms with Crippen molar-refractivity contribution in [2.45, 2.75) is 32.6 Å². The maximum Gasteiger partial charge on any atom is 0.271 e. The predicted molar refractivity (Wildman–Crippen MR) is 71.1 cm³/mol. The number of nitrogens with zero attached hydrogens (tertiary/aromatic N) is 2. The summed E-state index contributed by atoms with van der Waals surface area (Å²) in [7, 11) is 1.73. The van der Waals surface area contributed by atoms with E-state index < -0.39 is 0 Å². The highest BCUT2D eigenvalue weighted by Crippen LogP contribution is 2.27. The first-order chi connectivity index (χ1) is 8.58. The fraction of sp³-hybridized carbons (Fsp3) is 0.692. The van der Waals surface area contributed by atoms with Gasteiger partial charge < -0.3 is 11.1 Å². The molecule has 2 rings (SSSR count). The van der Waals surface area contributed by atoms with Gasteiger partial charge in [0.25, 0.3) is 5.91 Å². The Hall–Kier alpha value is -1.52. The van der Waals surface area contributed by atoms with E-state index in [0.29, 0.717) is 17.3 Å². The van der Waals surface area contributed by atoms with Crippen LogP contribution in [0.4, 0.5) is 5.69 Å². The standard InChI is InChI=1S/C13H22N4O/c1-9-3-5-10(6-4-9)7-15-13(18)12-11(14)8-16-17(12)2/h8-10H,3-7,14H2,1-2H3,(H,15,18). The van der Waals surface area contributed by atoms with Gasteiger partial charge in [0.2, 0.25) is 0 Å². The average Bonchev–Trinajstić information content (AvgIpc) is 2.68. The molecular formula is C13H22N4O. The summed E-state index contributed by atoms with van der Waals surface area (Å²) in [5, 5.41) is 6.94. The highest BCUT2D eigenvalue weighted by molar-refractivity contribution is 5.97. The number of rotatable bonds is 3. The molecule has 0 aliphatic heterocycles. The molecule has 1 fully saturated rings. The highest BCUT2D eigenvalue weighted by Gasteiger charge is 2.20. The van der Waals surface area contributed by atoms with Crippen molar-refractivity contribution < 1.29 is 4.79 Å². The molecule has 18 heavy (non-hydrogen) atoms. The van der Waals surface area contributed by atoms with Crippen LogP contribution in [0.5, 0.6) is 0 Å². The van der Waals surface area contributed by atoms with Gasteiger partial charge in [0.1, 0.15) is 5.69 Å². The Morgan fingerprint density at radius 2 is 2.17 bits per heavy atom. The molecule has 5 heteroatoms. The number of nitrogen functional groups attached to an aromatic ring is 1. The smallest absolute Gasteiger partial charge is 0.271 e. The lowest BCUT2D eigenvalue weighted by Gasteiger charge is -2.26. The van der Waals surface area contributed by atoms with E-state index in [9.17, 15) is 4.79 Å². The molecule has 1 aliphatic carbocycles. The molecule has 0 saturated heterocycles. The summed E-state index contributed by atoms with van der Waals surface area (Å²) in [4.78, 5) is 12.0. The number of amides is 1. The van der Waals surface area contributed by atoms with Gasteiger partial charge in [-0.3, -0.25) is 9.48 Å². The summed E-state index contributed by atoms with van der Waals surface area (Å²) < 4.78 is 1.52. The van der Waals surface area contributed by atoms with Crippen LogP contribution in [0, 0.1) is 11.8 Å². The van der Waals surface area contributed by atoms with E-state index in [2.05, 4.69) is 17.3 Å². The van der Waals surface area contributed by atoms with Gasteiger partial charge >= 0.3 is 0 Å². The van der Waals surface area contributed by atoms with Crippen LogP contribution in [0.3, 0.4) is 0 Å². The monoisotopic (exact) mass is 250 g/mol. The quantitative estimate of drug-likeness (QED) is 0.855. The van der Waals surface area contributed by atoms with Crippen molar-refractivity contribution in [1.82, 2.24) is 15.1 Å². The van der Waals surface area contributed by atoms with E-state index in [1.807, 2.05) is 0 Å². The Bertz CT molecular complexity index is 399. The molecule has 0 aromatic carbocycles. The zero-order valence-electron chi connectivity index (χ0n) is 11.1. The predicted octanol–water partition coefficient (Wildman–Crippen LogP) is 1.56. The van der Waals surface area contributed by atoms with Crippen LogP contribution < -0.4 is 11.1 Å². The van der Waals surface area contributed by atoms with Crippen molar-refractivity contribution in [2.75, 3.05) is 12.3 Å². The van der Waals surface area contributed by atoms with Crippen molar-refractivity contribution in [2.24, 2.45) is 18.9 Å². The average molecular weight is 250 g/mol. The number of hydrogen-bond acceptors (Lipinski definition) is 3. The minimum absolute atomic E-state index is 0.119. The van der Waals surface area contributed by atoms with Crippen molar-refractivity contribution in [3.63, 3.8) is 0 Å². The van der Waals surface area contributed by atoms with Crippen LogP contribution in [-0.2, 0) is 7.05 Å². The maximum atomic E-state index is 12.0. The molecule has 100 valence electrons. The number of anilines is 1. The fourth-order valence-corrected chi connectivity index (χ4v) is 2.59. The second-order valence-electron chi connectivity index (χ2n) is 5.41. The third-order valence-corrected chi connectivity index (χ3v) is 3.87. The van der Waals surface area contributed by atoms with E-state index in [4.69, 9.17) is 5.73 Å². The summed E-state index contributed by atoms with van der Waals surface area (Å²) in [6, 6.07) is 0. The molecular weight excluding hydrogens is 228 g/mol. The van der Waals surface area contributed by atoms with Crippen LogP contribution in [-0.4, -0.2) is 22.2 Å². The first kappa shape index (κ1) is 12.9. The topological polar surface area (TPSA) is 72.9 Å². The third kappa shape index (κ3) is 2.83. The summed E-state index contributed by atoms with van der Waals surface area (Å²) in [6.45, 7) is 3.04.